The number of hydrogen-bond acceptors (Lipinski definition) is 5. The van der Waals surface area contributed by atoms with Crippen LogP contribution >= 0.6 is 0 Å². The lowest BCUT2D eigenvalue weighted by molar-refractivity contribution is 0.0496. The average molecular weight is 382 g/mol. The van der Waals surface area contributed by atoms with Gasteiger partial charge in [0.1, 0.15) is 5.60 Å². The van der Waals surface area contributed by atoms with E-state index < -0.39 is 21.7 Å². The van der Waals surface area contributed by atoms with Gasteiger partial charge in [-0.1, -0.05) is 17.7 Å². The van der Waals surface area contributed by atoms with Crippen LogP contribution in [0.15, 0.2) is 29.2 Å². The molecule has 1 aromatic rings. The highest BCUT2D eigenvalue weighted by molar-refractivity contribution is 7.89. The molecule has 1 heterocycles. The second kappa shape index (κ2) is 6.51. The van der Waals surface area contributed by atoms with Crippen LogP contribution in [0.1, 0.15) is 32.8 Å². The molecule has 0 aromatic heterocycles. The van der Waals surface area contributed by atoms with Crippen LogP contribution in [0.5, 0.6) is 0 Å². The third kappa shape index (κ3) is 3.58. The SMILES string of the molecule is Cc1ccc(S(=O)(=O)N2[C@H]3[C@H](CO)C[C@H](NC(=O)OC(C)(C)C)[C@H]32)cc1. The van der Waals surface area contributed by atoms with Crippen molar-refractivity contribution in [3.8, 4) is 0 Å². The van der Waals surface area contributed by atoms with Gasteiger partial charge in [0, 0.05) is 18.6 Å². The lowest BCUT2D eigenvalue weighted by atomic mass is 10.1. The second-order valence-electron chi connectivity index (χ2n) is 8.06. The number of amides is 1. The Morgan fingerprint density at radius 2 is 1.88 bits per heavy atom. The number of aliphatic hydroxyl groups is 1. The Balaban J connectivity index is 1.77. The summed E-state index contributed by atoms with van der Waals surface area (Å²) in [6.07, 6.45) is -0.0372. The molecule has 1 aromatic carbocycles. The van der Waals surface area contributed by atoms with Crippen molar-refractivity contribution in [2.45, 2.75) is 62.7 Å². The van der Waals surface area contributed by atoms with E-state index in [0.717, 1.165) is 5.56 Å². The van der Waals surface area contributed by atoms with Gasteiger partial charge in [0.15, 0.2) is 0 Å². The van der Waals surface area contributed by atoms with E-state index in [1.54, 1.807) is 45.0 Å². The molecule has 8 heteroatoms. The number of hydrogen-bond donors (Lipinski definition) is 2. The van der Waals surface area contributed by atoms with E-state index in [-0.39, 0.29) is 35.5 Å². The third-order valence-electron chi connectivity index (χ3n) is 4.83. The van der Waals surface area contributed by atoms with Gasteiger partial charge in [-0.05, 0) is 46.2 Å². The summed E-state index contributed by atoms with van der Waals surface area (Å²) in [6.45, 7) is 7.09. The van der Waals surface area contributed by atoms with Crippen molar-refractivity contribution in [3.63, 3.8) is 0 Å². The van der Waals surface area contributed by atoms with E-state index in [0.29, 0.717) is 6.42 Å². The standard InChI is InChI=1S/C18H26N2O5S/c1-11-5-7-13(8-6-11)26(23,24)20-15-12(10-21)9-14(16(15)20)19-17(22)25-18(2,3)4/h5-8,12,14-16,21H,9-10H2,1-4H3,(H,19,22)/t12-,14-,15-,16+,20?/m0/s1. The van der Waals surface area contributed by atoms with Crippen molar-refractivity contribution in [1.29, 1.82) is 0 Å². The van der Waals surface area contributed by atoms with Gasteiger partial charge in [-0.3, -0.25) is 0 Å². The van der Waals surface area contributed by atoms with Crippen LogP contribution in [-0.4, -0.2) is 54.3 Å². The molecular formula is C18H26N2O5S. The normalized spacial score (nSPS) is 30.6. The highest BCUT2D eigenvalue weighted by Gasteiger charge is 2.66. The maximum absolute atomic E-state index is 12.9. The Bertz CT molecular complexity index is 785. The fraction of sp³-hybridized carbons (Fsp3) is 0.611. The van der Waals surface area contributed by atoms with Gasteiger partial charge in [-0.15, -0.1) is 0 Å². The first-order valence-electron chi connectivity index (χ1n) is 8.75. The Morgan fingerprint density at radius 3 is 2.42 bits per heavy atom. The molecule has 0 bridgehead atoms. The van der Waals surface area contributed by atoms with E-state index in [1.807, 2.05) is 6.92 Å². The van der Waals surface area contributed by atoms with Gasteiger partial charge in [0.2, 0.25) is 10.0 Å². The predicted octanol–water partition coefficient (Wildman–Crippen LogP) is 1.64. The van der Waals surface area contributed by atoms with E-state index in [9.17, 15) is 18.3 Å². The first-order valence-corrected chi connectivity index (χ1v) is 10.2. The first kappa shape index (κ1) is 19.1. The summed E-state index contributed by atoms with van der Waals surface area (Å²) in [5, 5.41) is 12.4. The van der Waals surface area contributed by atoms with Crippen molar-refractivity contribution in [2.75, 3.05) is 6.61 Å². The highest BCUT2D eigenvalue weighted by atomic mass is 32.2. The molecule has 1 amide bonds. The molecule has 7 nitrogen and oxygen atoms in total. The summed E-state index contributed by atoms with van der Waals surface area (Å²) in [5.41, 5.74) is 0.350. The Morgan fingerprint density at radius 1 is 1.27 bits per heavy atom. The van der Waals surface area contributed by atoms with Gasteiger partial charge in [0.05, 0.1) is 17.0 Å². The quantitative estimate of drug-likeness (QED) is 0.772. The molecule has 1 aliphatic heterocycles. The molecule has 0 radical (unpaired) electrons. The van der Waals surface area contributed by atoms with Gasteiger partial charge < -0.3 is 15.2 Å². The number of rotatable bonds is 4. The van der Waals surface area contributed by atoms with Gasteiger partial charge >= 0.3 is 6.09 Å². The van der Waals surface area contributed by atoms with Crippen molar-refractivity contribution in [2.24, 2.45) is 5.92 Å². The van der Waals surface area contributed by atoms with Crippen molar-refractivity contribution in [3.05, 3.63) is 29.8 Å². The molecule has 2 fully saturated rings. The Kier molecular flexibility index (Phi) is 4.79. The number of ether oxygens (including phenoxy) is 1. The number of aryl methyl sites for hydroxylation is 1. The zero-order valence-corrected chi connectivity index (χ0v) is 16.3. The number of piperidine rings is 1. The number of nitrogens with one attached hydrogen (secondary N) is 1. The van der Waals surface area contributed by atoms with E-state index >= 15 is 0 Å². The number of alkyl carbamates (subject to hydrolysis) is 1. The summed E-state index contributed by atoms with van der Waals surface area (Å²) in [4.78, 5) is 12.3. The third-order valence-corrected chi connectivity index (χ3v) is 6.74. The largest absolute Gasteiger partial charge is 0.444 e. The fourth-order valence-electron chi connectivity index (χ4n) is 3.69. The number of carbonyl (C=O) groups is 1. The molecule has 26 heavy (non-hydrogen) atoms. The topological polar surface area (TPSA) is 95.7 Å². The predicted molar refractivity (Wildman–Crippen MR) is 96.1 cm³/mol. The van der Waals surface area contributed by atoms with Gasteiger partial charge in [-0.2, -0.15) is 4.31 Å². The summed E-state index contributed by atoms with van der Waals surface area (Å²) in [5.74, 6) is -0.194. The van der Waals surface area contributed by atoms with Gasteiger partial charge in [-0.25, -0.2) is 13.2 Å². The maximum atomic E-state index is 12.9. The Hall–Kier alpha value is -1.64. The summed E-state index contributed by atoms with van der Waals surface area (Å²) in [7, 11) is -3.66. The number of nitrogens with zero attached hydrogens (tertiary/aromatic N) is 1. The van der Waals surface area contributed by atoms with E-state index in [2.05, 4.69) is 5.32 Å². The van der Waals surface area contributed by atoms with E-state index in [4.69, 9.17) is 4.74 Å². The van der Waals surface area contributed by atoms with Crippen LogP contribution in [0, 0.1) is 12.8 Å². The molecule has 1 aliphatic carbocycles. The number of sulfonamides is 1. The van der Waals surface area contributed by atoms with Crippen LogP contribution in [0.3, 0.4) is 0 Å². The summed E-state index contributed by atoms with van der Waals surface area (Å²) in [6, 6.07) is 5.69. The van der Waals surface area contributed by atoms with Crippen LogP contribution in [0.25, 0.3) is 0 Å². The van der Waals surface area contributed by atoms with Crippen molar-refractivity contribution < 1.29 is 23.1 Å². The van der Waals surface area contributed by atoms with Gasteiger partial charge in [0.25, 0.3) is 0 Å². The molecule has 3 rings (SSSR count). The molecule has 1 unspecified atom stereocenters. The number of aliphatic hydroxyl groups excluding tert-OH is 1. The monoisotopic (exact) mass is 382 g/mol. The van der Waals surface area contributed by atoms with Crippen LogP contribution in [-0.2, 0) is 14.8 Å². The number of carbonyl (C=O) groups excluding carboxylic acids is 1. The fourth-order valence-corrected chi connectivity index (χ4v) is 5.57. The number of benzene rings is 1. The van der Waals surface area contributed by atoms with Crippen molar-refractivity contribution >= 4 is 16.1 Å². The molecule has 2 N–H and O–H groups in total. The van der Waals surface area contributed by atoms with Crippen molar-refractivity contribution in [1.82, 2.24) is 9.62 Å². The molecule has 0 spiro atoms. The summed E-state index contributed by atoms with van der Waals surface area (Å²) < 4.78 is 32.6. The molecule has 1 saturated carbocycles. The average Bonchev–Trinajstić information content (AvgIpc) is 3.18. The lowest BCUT2D eigenvalue weighted by Crippen LogP contribution is -2.43. The minimum absolute atomic E-state index is 0.117. The lowest BCUT2D eigenvalue weighted by Gasteiger charge is -2.24. The second-order valence-corrected chi connectivity index (χ2v) is 9.90. The first-order chi connectivity index (χ1) is 12.0. The molecule has 2 aliphatic rings. The molecular weight excluding hydrogens is 356 g/mol. The minimum atomic E-state index is -3.66. The van der Waals surface area contributed by atoms with Crippen LogP contribution < -0.4 is 5.32 Å². The molecule has 1 saturated heterocycles. The summed E-state index contributed by atoms with van der Waals surface area (Å²) >= 11 is 0. The smallest absolute Gasteiger partial charge is 0.407 e. The Labute approximate surface area is 154 Å². The van der Waals surface area contributed by atoms with E-state index in [1.165, 1.54) is 4.31 Å². The molecule has 144 valence electrons. The number of fused-ring (bicyclic) bond motifs is 1. The zero-order valence-electron chi connectivity index (χ0n) is 15.5. The maximum Gasteiger partial charge on any atom is 0.407 e. The molecule has 5 atom stereocenters. The highest BCUT2D eigenvalue weighted by Crippen LogP contribution is 2.49. The van der Waals surface area contributed by atoms with Crippen LogP contribution in [0.4, 0.5) is 4.79 Å². The minimum Gasteiger partial charge on any atom is -0.444 e. The zero-order chi connectivity index (χ0) is 19.3. The van der Waals surface area contributed by atoms with Crippen LogP contribution in [0.2, 0.25) is 0 Å².